The van der Waals surface area contributed by atoms with E-state index in [-0.39, 0.29) is 0 Å². The van der Waals surface area contributed by atoms with Gasteiger partial charge in [-0.3, -0.25) is 9.80 Å². The quantitative estimate of drug-likeness (QED) is 0.806. The molecule has 6 nitrogen and oxygen atoms in total. The van der Waals surface area contributed by atoms with E-state index in [1.54, 1.807) is 6.33 Å². The van der Waals surface area contributed by atoms with Crippen LogP contribution in [0.3, 0.4) is 0 Å². The molecule has 0 aliphatic carbocycles. The number of benzene rings is 1. The zero-order valence-corrected chi connectivity index (χ0v) is 12.0. The number of hydrogen-bond acceptors (Lipinski definition) is 5. The van der Waals surface area contributed by atoms with Gasteiger partial charge in [-0.15, -0.1) is 5.10 Å². The summed E-state index contributed by atoms with van der Waals surface area (Å²) >= 11 is 0. The van der Waals surface area contributed by atoms with Crippen LogP contribution in [0.15, 0.2) is 36.7 Å². The van der Waals surface area contributed by atoms with Gasteiger partial charge in [0.05, 0.1) is 6.54 Å². The van der Waals surface area contributed by atoms with Crippen LogP contribution in [-0.2, 0) is 13.1 Å². The van der Waals surface area contributed by atoms with Crippen LogP contribution in [0.25, 0.3) is 0 Å². The van der Waals surface area contributed by atoms with Crippen molar-refractivity contribution in [3.63, 3.8) is 0 Å². The molecule has 2 aliphatic rings. The molecule has 0 saturated carbocycles. The smallest absolute Gasteiger partial charge is 0.138 e. The minimum atomic E-state index is 0.704. The van der Waals surface area contributed by atoms with E-state index in [9.17, 15) is 0 Å². The summed E-state index contributed by atoms with van der Waals surface area (Å²) in [5, 5.41) is 11.3. The van der Waals surface area contributed by atoms with Gasteiger partial charge in [-0.2, -0.15) is 0 Å². The lowest BCUT2D eigenvalue weighted by Gasteiger charge is -2.34. The SMILES string of the molecule is c1ccc(CN2C[C@@H]3C[C@H]2CN3CCn2cnnn2)cc1. The van der Waals surface area contributed by atoms with E-state index in [4.69, 9.17) is 0 Å². The highest BCUT2D eigenvalue weighted by atomic mass is 15.5. The molecule has 2 atom stereocenters. The third-order valence-corrected chi connectivity index (χ3v) is 4.70. The molecule has 0 N–H and O–H groups in total. The van der Waals surface area contributed by atoms with E-state index in [0.29, 0.717) is 12.1 Å². The topological polar surface area (TPSA) is 50.1 Å². The van der Waals surface area contributed by atoms with Crippen LogP contribution in [-0.4, -0.2) is 61.7 Å². The fourth-order valence-electron chi connectivity index (χ4n) is 3.63. The maximum absolute atomic E-state index is 3.93. The fourth-order valence-corrected chi connectivity index (χ4v) is 3.63. The van der Waals surface area contributed by atoms with Crippen molar-refractivity contribution in [2.75, 3.05) is 19.6 Å². The Morgan fingerprint density at radius 3 is 2.52 bits per heavy atom. The highest BCUT2D eigenvalue weighted by molar-refractivity contribution is 5.15. The molecular formula is C15H20N6. The molecule has 1 aromatic carbocycles. The highest BCUT2D eigenvalue weighted by Crippen LogP contribution is 2.31. The largest absolute Gasteiger partial charge is 0.296 e. The van der Waals surface area contributed by atoms with Gasteiger partial charge in [-0.1, -0.05) is 30.3 Å². The Morgan fingerprint density at radius 1 is 1.00 bits per heavy atom. The summed E-state index contributed by atoms with van der Waals surface area (Å²) in [7, 11) is 0. The number of likely N-dealkylation sites (tertiary alicyclic amines) is 2. The molecule has 1 aromatic heterocycles. The summed E-state index contributed by atoms with van der Waals surface area (Å²) < 4.78 is 1.81. The third-order valence-electron chi connectivity index (χ3n) is 4.70. The molecule has 0 amide bonds. The first-order valence-electron chi connectivity index (χ1n) is 7.61. The van der Waals surface area contributed by atoms with Gasteiger partial charge in [0.1, 0.15) is 6.33 Å². The number of rotatable bonds is 5. The number of tetrazole rings is 1. The number of nitrogens with zero attached hydrogens (tertiary/aromatic N) is 6. The summed E-state index contributed by atoms with van der Waals surface area (Å²) in [5.41, 5.74) is 1.42. The molecule has 2 aromatic rings. The van der Waals surface area contributed by atoms with Crippen LogP contribution in [0.2, 0.25) is 0 Å². The Balaban J connectivity index is 1.31. The molecular weight excluding hydrogens is 264 g/mol. The molecule has 2 aliphatic heterocycles. The average Bonchev–Trinajstić information content (AvgIpc) is 3.23. The molecule has 2 saturated heterocycles. The molecule has 0 spiro atoms. The number of piperazine rings is 1. The lowest BCUT2D eigenvalue weighted by Crippen LogP contribution is -2.46. The normalized spacial score (nSPS) is 25.7. The first-order valence-corrected chi connectivity index (χ1v) is 7.61. The number of aromatic nitrogens is 4. The van der Waals surface area contributed by atoms with E-state index >= 15 is 0 Å². The van der Waals surface area contributed by atoms with E-state index < -0.39 is 0 Å². The van der Waals surface area contributed by atoms with Gasteiger partial charge in [0, 0.05) is 38.3 Å². The van der Waals surface area contributed by atoms with E-state index in [2.05, 4.69) is 55.7 Å². The summed E-state index contributed by atoms with van der Waals surface area (Å²) in [4.78, 5) is 5.22. The van der Waals surface area contributed by atoms with Crippen molar-refractivity contribution >= 4 is 0 Å². The number of hydrogen-bond donors (Lipinski definition) is 0. The van der Waals surface area contributed by atoms with Gasteiger partial charge in [-0.05, 0) is 22.4 Å². The minimum Gasteiger partial charge on any atom is -0.296 e. The van der Waals surface area contributed by atoms with Crippen molar-refractivity contribution in [3.8, 4) is 0 Å². The minimum absolute atomic E-state index is 0.704. The van der Waals surface area contributed by atoms with Crippen molar-refractivity contribution in [1.82, 2.24) is 30.0 Å². The van der Waals surface area contributed by atoms with Gasteiger partial charge < -0.3 is 0 Å². The van der Waals surface area contributed by atoms with Gasteiger partial charge in [0.15, 0.2) is 0 Å². The fraction of sp³-hybridized carbons (Fsp3) is 0.533. The van der Waals surface area contributed by atoms with Crippen LogP contribution >= 0.6 is 0 Å². The molecule has 4 rings (SSSR count). The van der Waals surface area contributed by atoms with Gasteiger partial charge in [-0.25, -0.2) is 4.68 Å². The zero-order valence-electron chi connectivity index (χ0n) is 12.0. The maximum Gasteiger partial charge on any atom is 0.138 e. The van der Waals surface area contributed by atoms with Crippen molar-refractivity contribution in [3.05, 3.63) is 42.2 Å². The molecule has 21 heavy (non-hydrogen) atoms. The summed E-state index contributed by atoms with van der Waals surface area (Å²) in [6.45, 7) is 5.39. The standard InChI is InChI=1S/C15H20N6/c1-2-4-13(5-3-1)9-20-11-14-8-15(20)10-19(14)6-7-21-12-16-17-18-21/h1-5,12,14-15H,6-11H2/t14-,15-/m0/s1. The first-order chi connectivity index (χ1) is 10.4. The molecule has 6 heteroatoms. The lowest BCUT2D eigenvalue weighted by atomic mass is 10.2. The zero-order chi connectivity index (χ0) is 14.1. The summed E-state index contributed by atoms with van der Waals surface area (Å²) in [5.74, 6) is 0. The van der Waals surface area contributed by atoms with Crippen molar-refractivity contribution in [2.45, 2.75) is 31.6 Å². The van der Waals surface area contributed by atoms with Crippen LogP contribution in [0, 0.1) is 0 Å². The van der Waals surface area contributed by atoms with Gasteiger partial charge in [0.25, 0.3) is 0 Å². The summed E-state index contributed by atoms with van der Waals surface area (Å²) in [6, 6.07) is 12.2. The van der Waals surface area contributed by atoms with Gasteiger partial charge >= 0.3 is 0 Å². The van der Waals surface area contributed by atoms with E-state index in [1.165, 1.54) is 25.1 Å². The molecule has 3 heterocycles. The highest BCUT2D eigenvalue weighted by Gasteiger charge is 2.42. The molecule has 0 radical (unpaired) electrons. The number of fused-ring (bicyclic) bond motifs is 2. The second-order valence-electron chi connectivity index (χ2n) is 6.03. The maximum atomic E-state index is 3.93. The predicted octanol–water partition coefficient (Wildman–Crippen LogP) is 0.632. The average molecular weight is 284 g/mol. The molecule has 0 unspecified atom stereocenters. The van der Waals surface area contributed by atoms with Gasteiger partial charge in [0.2, 0.25) is 0 Å². The van der Waals surface area contributed by atoms with Crippen LogP contribution in [0.1, 0.15) is 12.0 Å². The lowest BCUT2D eigenvalue weighted by molar-refractivity contribution is 0.119. The first kappa shape index (κ1) is 12.9. The van der Waals surface area contributed by atoms with E-state index in [1.807, 2.05) is 4.68 Å². The molecule has 2 bridgehead atoms. The van der Waals surface area contributed by atoms with E-state index in [0.717, 1.165) is 19.6 Å². The van der Waals surface area contributed by atoms with Crippen LogP contribution in [0.4, 0.5) is 0 Å². The third kappa shape index (κ3) is 2.69. The molecule has 110 valence electrons. The van der Waals surface area contributed by atoms with Crippen molar-refractivity contribution in [1.29, 1.82) is 0 Å². The van der Waals surface area contributed by atoms with Crippen LogP contribution in [0.5, 0.6) is 0 Å². The van der Waals surface area contributed by atoms with Crippen LogP contribution < -0.4 is 0 Å². The second kappa shape index (κ2) is 5.54. The Hall–Kier alpha value is -1.79. The Kier molecular flexibility index (Phi) is 3.40. The molecule has 2 fully saturated rings. The predicted molar refractivity (Wildman–Crippen MR) is 78.4 cm³/mol. The second-order valence-corrected chi connectivity index (χ2v) is 6.03. The van der Waals surface area contributed by atoms with Crippen molar-refractivity contribution < 1.29 is 0 Å². The Labute approximate surface area is 124 Å². The summed E-state index contributed by atoms with van der Waals surface area (Å²) in [6.07, 6.45) is 3.00. The van der Waals surface area contributed by atoms with Crippen molar-refractivity contribution in [2.24, 2.45) is 0 Å². The Bertz CT molecular complexity index is 569. The monoisotopic (exact) mass is 284 g/mol. The Morgan fingerprint density at radius 2 is 1.81 bits per heavy atom.